The molecule has 0 saturated carbocycles. The Morgan fingerprint density at radius 1 is 1.50 bits per heavy atom. The van der Waals surface area contributed by atoms with E-state index in [9.17, 15) is 14.9 Å². The van der Waals surface area contributed by atoms with Crippen LogP contribution in [0.5, 0.6) is 5.75 Å². The molecule has 0 N–H and O–H groups in total. The number of ketones is 1. The third kappa shape index (κ3) is 1.64. The number of aryl methyl sites for hydroxylation is 1. The molecule has 1 atom stereocenters. The van der Waals surface area contributed by atoms with E-state index in [0.29, 0.717) is 16.9 Å². The van der Waals surface area contributed by atoms with E-state index >= 15 is 0 Å². The molecule has 0 aliphatic carbocycles. The zero-order valence-electron chi connectivity index (χ0n) is 9.02. The summed E-state index contributed by atoms with van der Waals surface area (Å²) in [6.07, 6.45) is 0.105. The summed E-state index contributed by atoms with van der Waals surface area (Å²) in [6.45, 7) is 3.43. The quantitative estimate of drug-likeness (QED) is 0.538. The van der Waals surface area contributed by atoms with Crippen molar-refractivity contribution >= 4 is 11.5 Å². The molecule has 0 aromatic heterocycles. The van der Waals surface area contributed by atoms with Crippen LogP contribution < -0.4 is 4.74 Å². The van der Waals surface area contributed by atoms with Gasteiger partial charge in [-0.15, -0.1) is 0 Å². The van der Waals surface area contributed by atoms with Crippen LogP contribution >= 0.6 is 0 Å². The Morgan fingerprint density at radius 2 is 2.19 bits per heavy atom. The minimum Gasteiger partial charge on any atom is -0.489 e. The number of nitro benzene ring substituents is 1. The number of rotatable bonds is 1. The van der Waals surface area contributed by atoms with E-state index in [1.807, 2.05) is 0 Å². The lowest BCUT2D eigenvalue weighted by Gasteiger charge is -2.22. The summed E-state index contributed by atoms with van der Waals surface area (Å²) in [5, 5.41) is 10.7. The Balaban J connectivity index is 2.57. The molecule has 84 valence electrons. The number of carbonyl (C=O) groups is 1. The molecule has 1 aromatic carbocycles. The van der Waals surface area contributed by atoms with Crippen molar-refractivity contribution in [3.63, 3.8) is 0 Å². The molecule has 16 heavy (non-hydrogen) atoms. The van der Waals surface area contributed by atoms with E-state index in [4.69, 9.17) is 4.74 Å². The molecule has 0 bridgehead atoms. The maximum absolute atomic E-state index is 11.7. The summed E-state index contributed by atoms with van der Waals surface area (Å²) in [5.41, 5.74) is 0.784. The van der Waals surface area contributed by atoms with Crippen LogP contribution in [0.25, 0.3) is 0 Å². The predicted molar refractivity (Wildman–Crippen MR) is 56.9 cm³/mol. The average Bonchev–Trinajstić information content (AvgIpc) is 2.15. The first-order chi connectivity index (χ1) is 7.49. The highest BCUT2D eigenvalue weighted by molar-refractivity contribution is 6.00. The molecule has 0 saturated heterocycles. The zero-order valence-corrected chi connectivity index (χ0v) is 9.02. The van der Waals surface area contributed by atoms with Crippen LogP contribution in [0.2, 0.25) is 0 Å². The van der Waals surface area contributed by atoms with Gasteiger partial charge < -0.3 is 4.74 Å². The molecule has 0 spiro atoms. The molecule has 1 aromatic rings. The largest absolute Gasteiger partial charge is 0.489 e. The summed E-state index contributed by atoms with van der Waals surface area (Å²) in [4.78, 5) is 21.9. The Kier molecular flexibility index (Phi) is 2.38. The van der Waals surface area contributed by atoms with Gasteiger partial charge in [0.2, 0.25) is 0 Å². The molecular formula is C11H11NO4. The van der Waals surface area contributed by atoms with Crippen molar-refractivity contribution in [1.82, 2.24) is 0 Å². The van der Waals surface area contributed by atoms with Crippen molar-refractivity contribution in [2.45, 2.75) is 26.4 Å². The highest BCUT2D eigenvalue weighted by Crippen LogP contribution is 2.33. The van der Waals surface area contributed by atoms with Crippen molar-refractivity contribution in [1.29, 1.82) is 0 Å². The number of nitro groups is 1. The second-order valence-electron chi connectivity index (χ2n) is 3.95. The number of benzene rings is 1. The van der Waals surface area contributed by atoms with Crippen LogP contribution in [0.15, 0.2) is 12.1 Å². The first kappa shape index (κ1) is 10.6. The van der Waals surface area contributed by atoms with Crippen molar-refractivity contribution in [3.05, 3.63) is 33.4 Å². The Morgan fingerprint density at radius 3 is 2.81 bits per heavy atom. The van der Waals surface area contributed by atoms with Crippen molar-refractivity contribution in [2.24, 2.45) is 0 Å². The maximum Gasteiger partial charge on any atom is 0.273 e. The van der Waals surface area contributed by atoms with Gasteiger partial charge in [0.25, 0.3) is 5.69 Å². The lowest BCUT2D eigenvalue weighted by molar-refractivity contribution is -0.385. The highest BCUT2D eigenvalue weighted by Gasteiger charge is 2.27. The number of Topliss-reactive ketones (excluding diaryl/α,β-unsaturated/α-hetero) is 1. The molecule has 0 amide bonds. The minimum atomic E-state index is -0.485. The summed E-state index contributed by atoms with van der Waals surface area (Å²) in [5.74, 6) is 0.351. The summed E-state index contributed by atoms with van der Waals surface area (Å²) >= 11 is 0. The fourth-order valence-corrected chi connectivity index (χ4v) is 1.81. The van der Waals surface area contributed by atoms with Gasteiger partial charge in [0, 0.05) is 18.1 Å². The van der Waals surface area contributed by atoms with Gasteiger partial charge in [0.05, 0.1) is 10.5 Å². The monoisotopic (exact) mass is 221 g/mol. The van der Waals surface area contributed by atoms with Crippen molar-refractivity contribution < 1.29 is 14.5 Å². The zero-order chi connectivity index (χ0) is 11.9. The second kappa shape index (κ2) is 3.59. The van der Waals surface area contributed by atoms with Gasteiger partial charge in [-0.3, -0.25) is 14.9 Å². The van der Waals surface area contributed by atoms with Crippen molar-refractivity contribution in [2.75, 3.05) is 0 Å². The van der Waals surface area contributed by atoms with Gasteiger partial charge in [-0.05, 0) is 19.9 Å². The van der Waals surface area contributed by atoms with E-state index in [-0.39, 0.29) is 24.0 Å². The first-order valence-electron chi connectivity index (χ1n) is 4.98. The lowest BCUT2D eigenvalue weighted by Crippen LogP contribution is -2.24. The third-order valence-corrected chi connectivity index (χ3v) is 2.60. The van der Waals surface area contributed by atoms with Gasteiger partial charge in [0.1, 0.15) is 11.9 Å². The molecule has 1 heterocycles. The molecular weight excluding hydrogens is 210 g/mol. The Hall–Kier alpha value is -1.91. The van der Waals surface area contributed by atoms with Crippen LogP contribution in [-0.4, -0.2) is 16.8 Å². The van der Waals surface area contributed by atoms with E-state index in [0.717, 1.165) is 0 Å². The molecule has 2 rings (SSSR count). The number of ether oxygens (including phenoxy) is 1. The third-order valence-electron chi connectivity index (χ3n) is 2.60. The topological polar surface area (TPSA) is 69.4 Å². The van der Waals surface area contributed by atoms with E-state index in [1.54, 1.807) is 19.9 Å². The molecule has 1 unspecified atom stereocenters. The number of hydrogen-bond donors (Lipinski definition) is 0. The fourth-order valence-electron chi connectivity index (χ4n) is 1.81. The normalized spacial score (nSPS) is 18.9. The van der Waals surface area contributed by atoms with Crippen molar-refractivity contribution in [3.8, 4) is 5.75 Å². The molecule has 1 aliphatic rings. The number of nitrogens with zero attached hydrogens (tertiary/aromatic N) is 1. The molecule has 0 radical (unpaired) electrons. The molecule has 5 nitrogen and oxygen atoms in total. The smallest absolute Gasteiger partial charge is 0.273 e. The standard InChI is InChI=1S/C11H11NO4/c1-6-3-11-8(5-9(6)12(14)15)10(13)4-7(2)16-11/h3,5,7H,4H2,1-2H3. The average molecular weight is 221 g/mol. The number of fused-ring (bicyclic) bond motifs is 1. The van der Waals surface area contributed by atoms with Gasteiger partial charge >= 0.3 is 0 Å². The summed E-state index contributed by atoms with van der Waals surface area (Å²) in [7, 11) is 0. The van der Waals surface area contributed by atoms with Crippen LogP contribution in [0, 0.1) is 17.0 Å². The predicted octanol–water partition coefficient (Wildman–Crippen LogP) is 2.26. The minimum absolute atomic E-state index is 0.0368. The van der Waals surface area contributed by atoms with Gasteiger partial charge in [-0.2, -0.15) is 0 Å². The van der Waals surface area contributed by atoms with Crippen LogP contribution in [-0.2, 0) is 0 Å². The van der Waals surface area contributed by atoms with Crippen LogP contribution in [0.4, 0.5) is 5.69 Å². The lowest BCUT2D eigenvalue weighted by atomic mass is 9.99. The fraction of sp³-hybridized carbons (Fsp3) is 0.364. The SMILES string of the molecule is Cc1cc2c(cc1[N+](=O)[O-])C(=O)CC(C)O2. The van der Waals surface area contributed by atoms with Gasteiger partial charge in [0.15, 0.2) is 5.78 Å². The van der Waals surface area contributed by atoms with E-state index in [2.05, 4.69) is 0 Å². The molecule has 5 heteroatoms. The summed E-state index contributed by atoms with van der Waals surface area (Å²) < 4.78 is 5.47. The second-order valence-corrected chi connectivity index (χ2v) is 3.95. The van der Waals surface area contributed by atoms with E-state index < -0.39 is 4.92 Å². The number of hydrogen-bond acceptors (Lipinski definition) is 4. The maximum atomic E-state index is 11.7. The highest BCUT2D eigenvalue weighted by atomic mass is 16.6. The first-order valence-corrected chi connectivity index (χ1v) is 4.98. The Bertz CT molecular complexity index is 481. The van der Waals surface area contributed by atoms with Gasteiger partial charge in [-0.1, -0.05) is 0 Å². The van der Waals surface area contributed by atoms with E-state index in [1.165, 1.54) is 6.07 Å². The summed E-state index contributed by atoms with van der Waals surface area (Å²) in [6, 6.07) is 2.86. The Labute approximate surface area is 92.2 Å². The molecule has 1 aliphatic heterocycles. The van der Waals surface area contributed by atoms with Gasteiger partial charge in [-0.25, -0.2) is 0 Å². The molecule has 0 fully saturated rings. The number of carbonyl (C=O) groups excluding carboxylic acids is 1. The van der Waals surface area contributed by atoms with Crippen LogP contribution in [0.3, 0.4) is 0 Å². The van der Waals surface area contributed by atoms with Crippen LogP contribution in [0.1, 0.15) is 29.3 Å².